The van der Waals surface area contributed by atoms with Crippen molar-refractivity contribution in [1.82, 2.24) is 9.62 Å². The van der Waals surface area contributed by atoms with Crippen LogP contribution in [0.1, 0.15) is 24.5 Å². The van der Waals surface area contributed by atoms with E-state index < -0.39 is 27.8 Å². The first-order chi connectivity index (χ1) is 10.6. The summed E-state index contributed by atoms with van der Waals surface area (Å²) in [6.07, 6.45) is -4.55. The number of carbonyl (C=O) groups excluding carboxylic acids is 1. The van der Waals surface area contributed by atoms with Gasteiger partial charge in [-0.15, -0.1) is 0 Å². The van der Waals surface area contributed by atoms with E-state index in [2.05, 4.69) is 4.72 Å². The van der Waals surface area contributed by atoms with E-state index in [0.29, 0.717) is 0 Å². The molecule has 0 aromatic heterocycles. The van der Waals surface area contributed by atoms with Crippen molar-refractivity contribution in [2.45, 2.75) is 32.1 Å². The van der Waals surface area contributed by atoms with E-state index in [0.717, 1.165) is 6.07 Å². The van der Waals surface area contributed by atoms with Crippen molar-refractivity contribution in [3.63, 3.8) is 0 Å². The van der Waals surface area contributed by atoms with Gasteiger partial charge in [0.2, 0.25) is 15.9 Å². The Morgan fingerprint density at radius 3 is 2.57 bits per heavy atom. The summed E-state index contributed by atoms with van der Waals surface area (Å²) in [5.41, 5.74) is -0.794. The van der Waals surface area contributed by atoms with Crippen molar-refractivity contribution >= 4 is 15.9 Å². The summed E-state index contributed by atoms with van der Waals surface area (Å²) < 4.78 is 64.3. The van der Waals surface area contributed by atoms with Crippen LogP contribution in [0, 0.1) is 0 Å². The molecule has 128 valence electrons. The molecule has 0 spiro atoms. The van der Waals surface area contributed by atoms with Crippen molar-refractivity contribution in [3.05, 3.63) is 35.4 Å². The standard InChI is InChI=1S/C14H17F3N2O3S/c1-2-23(21,22)18-11-7-13(20)19(9-11)8-10-5-3-4-6-12(10)14(15,16)17/h3-6,11,18H,2,7-9H2,1H3/t11-/m0/s1. The predicted octanol–water partition coefficient (Wildman–Crippen LogP) is 1.75. The van der Waals surface area contributed by atoms with Crippen molar-refractivity contribution in [3.8, 4) is 0 Å². The highest BCUT2D eigenvalue weighted by atomic mass is 32.2. The number of alkyl halides is 3. The average molecular weight is 350 g/mol. The van der Waals surface area contributed by atoms with Crippen LogP contribution in [0.15, 0.2) is 24.3 Å². The van der Waals surface area contributed by atoms with E-state index in [1.165, 1.54) is 30.0 Å². The lowest BCUT2D eigenvalue weighted by Crippen LogP contribution is -2.37. The molecule has 1 heterocycles. The molecule has 9 heteroatoms. The largest absolute Gasteiger partial charge is 0.416 e. The number of hydrogen-bond donors (Lipinski definition) is 1. The molecule has 1 fully saturated rings. The van der Waals surface area contributed by atoms with E-state index in [9.17, 15) is 26.4 Å². The number of nitrogens with one attached hydrogen (secondary N) is 1. The Labute approximate surface area is 132 Å². The molecule has 1 N–H and O–H groups in total. The smallest absolute Gasteiger partial charge is 0.337 e. The number of carbonyl (C=O) groups is 1. The molecule has 1 aliphatic heterocycles. The molecule has 23 heavy (non-hydrogen) atoms. The molecule has 1 aliphatic rings. The number of amides is 1. The number of rotatable bonds is 5. The second-order valence-electron chi connectivity index (χ2n) is 5.35. The first kappa shape index (κ1) is 17.7. The summed E-state index contributed by atoms with van der Waals surface area (Å²) in [5, 5.41) is 0. The fraction of sp³-hybridized carbons (Fsp3) is 0.500. The van der Waals surface area contributed by atoms with Gasteiger partial charge < -0.3 is 4.90 Å². The van der Waals surface area contributed by atoms with Gasteiger partial charge in [-0.2, -0.15) is 13.2 Å². The zero-order chi connectivity index (χ0) is 17.3. The Hall–Kier alpha value is -1.61. The first-order valence-corrected chi connectivity index (χ1v) is 8.70. The van der Waals surface area contributed by atoms with Gasteiger partial charge in [0.1, 0.15) is 0 Å². The number of halogens is 3. The maximum atomic E-state index is 13.0. The second kappa shape index (κ2) is 6.48. The van der Waals surface area contributed by atoms with Gasteiger partial charge in [-0.05, 0) is 18.6 Å². The lowest BCUT2D eigenvalue weighted by molar-refractivity contribution is -0.139. The quantitative estimate of drug-likeness (QED) is 0.880. The topological polar surface area (TPSA) is 66.5 Å². The Bertz CT molecular complexity index is 689. The van der Waals surface area contributed by atoms with E-state index in [4.69, 9.17) is 0 Å². The molecule has 0 aliphatic carbocycles. The molecule has 0 saturated carbocycles. The molecule has 2 rings (SSSR count). The summed E-state index contributed by atoms with van der Waals surface area (Å²) in [6, 6.07) is 4.44. The second-order valence-corrected chi connectivity index (χ2v) is 7.39. The van der Waals surface area contributed by atoms with Crippen molar-refractivity contribution in [2.24, 2.45) is 0 Å². The normalized spacial score (nSPS) is 19.4. The van der Waals surface area contributed by atoms with Crippen LogP contribution in [0.2, 0.25) is 0 Å². The number of hydrogen-bond acceptors (Lipinski definition) is 3. The molecule has 1 amide bonds. The number of sulfonamides is 1. The van der Waals surface area contributed by atoms with Crippen molar-refractivity contribution in [1.29, 1.82) is 0 Å². The number of nitrogens with zero attached hydrogens (tertiary/aromatic N) is 1. The Morgan fingerprint density at radius 1 is 1.30 bits per heavy atom. The summed E-state index contributed by atoms with van der Waals surface area (Å²) in [5.74, 6) is -0.486. The fourth-order valence-corrected chi connectivity index (χ4v) is 3.31. The van der Waals surface area contributed by atoms with Crippen LogP contribution in [0.4, 0.5) is 13.2 Å². The summed E-state index contributed by atoms with van der Waals surface area (Å²) in [4.78, 5) is 13.2. The monoisotopic (exact) mass is 350 g/mol. The third kappa shape index (κ3) is 4.44. The molecular formula is C14H17F3N2O3S. The van der Waals surface area contributed by atoms with E-state index in [1.807, 2.05) is 0 Å². The van der Waals surface area contributed by atoms with Gasteiger partial charge in [0.05, 0.1) is 11.3 Å². The van der Waals surface area contributed by atoms with Gasteiger partial charge in [0, 0.05) is 25.6 Å². The van der Waals surface area contributed by atoms with Gasteiger partial charge in [0.25, 0.3) is 0 Å². The SMILES string of the molecule is CCS(=O)(=O)N[C@H]1CC(=O)N(Cc2ccccc2C(F)(F)F)C1. The summed E-state index contributed by atoms with van der Waals surface area (Å²) in [6.45, 7) is 1.33. The third-order valence-corrected chi connectivity index (χ3v) is 5.08. The third-order valence-electron chi connectivity index (χ3n) is 3.62. The molecule has 1 aromatic carbocycles. The predicted molar refractivity (Wildman–Crippen MR) is 77.9 cm³/mol. The lowest BCUT2D eigenvalue weighted by atomic mass is 10.1. The van der Waals surface area contributed by atoms with Gasteiger partial charge >= 0.3 is 6.18 Å². The van der Waals surface area contributed by atoms with Crippen molar-refractivity contribution in [2.75, 3.05) is 12.3 Å². The summed E-state index contributed by atoms with van der Waals surface area (Å²) >= 11 is 0. The summed E-state index contributed by atoms with van der Waals surface area (Å²) in [7, 11) is -3.46. The molecule has 1 atom stereocenters. The molecule has 0 unspecified atom stereocenters. The van der Waals surface area contributed by atoms with Crippen LogP contribution in [-0.2, 0) is 27.5 Å². The van der Waals surface area contributed by atoms with Crippen LogP contribution >= 0.6 is 0 Å². The van der Waals surface area contributed by atoms with Gasteiger partial charge in [-0.3, -0.25) is 4.79 Å². The van der Waals surface area contributed by atoms with Crippen LogP contribution in [0.3, 0.4) is 0 Å². The highest BCUT2D eigenvalue weighted by molar-refractivity contribution is 7.89. The maximum Gasteiger partial charge on any atom is 0.416 e. The highest BCUT2D eigenvalue weighted by Gasteiger charge is 2.36. The number of likely N-dealkylation sites (tertiary alicyclic amines) is 1. The van der Waals surface area contributed by atoms with Crippen LogP contribution in [0.5, 0.6) is 0 Å². The van der Waals surface area contributed by atoms with Gasteiger partial charge in [-0.1, -0.05) is 18.2 Å². The first-order valence-electron chi connectivity index (χ1n) is 7.05. The lowest BCUT2D eigenvalue weighted by Gasteiger charge is -2.20. The molecule has 0 bridgehead atoms. The minimum absolute atomic E-state index is 0.00708. The van der Waals surface area contributed by atoms with E-state index >= 15 is 0 Å². The number of benzene rings is 1. The van der Waals surface area contributed by atoms with Crippen molar-refractivity contribution < 1.29 is 26.4 Å². The minimum Gasteiger partial charge on any atom is -0.337 e. The van der Waals surface area contributed by atoms with Crippen LogP contribution < -0.4 is 4.72 Å². The molecule has 0 radical (unpaired) electrons. The average Bonchev–Trinajstić information content (AvgIpc) is 2.77. The zero-order valence-electron chi connectivity index (χ0n) is 12.4. The molecular weight excluding hydrogens is 333 g/mol. The fourth-order valence-electron chi connectivity index (χ4n) is 2.48. The highest BCUT2D eigenvalue weighted by Crippen LogP contribution is 2.32. The Morgan fingerprint density at radius 2 is 1.96 bits per heavy atom. The van der Waals surface area contributed by atoms with Crippen LogP contribution in [0.25, 0.3) is 0 Å². The van der Waals surface area contributed by atoms with E-state index in [-0.39, 0.29) is 36.7 Å². The maximum absolute atomic E-state index is 13.0. The molecule has 1 saturated heterocycles. The Balaban J connectivity index is 2.12. The minimum atomic E-state index is -4.50. The van der Waals surface area contributed by atoms with Gasteiger partial charge in [-0.25, -0.2) is 13.1 Å². The zero-order valence-corrected chi connectivity index (χ0v) is 13.2. The van der Waals surface area contributed by atoms with Crippen LogP contribution in [-0.4, -0.2) is 37.6 Å². The van der Waals surface area contributed by atoms with Gasteiger partial charge in [0.15, 0.2) is 0 Å². The van der Waals surface area contributed by atoms with E-state index in [1.54, 1.807) is 0 Å². The molecule has 1 aromatic rings. The Kier molecular flexibility index (Phi) is 5.00. The molecule has 5 nitrogen and oxygen atoms in total.